The quantitative estimate of drug-likeness (QED) is 0.473. The number of aliphatic carboxylic acids is 1. The second-order valence-electron chi connectivity index (χ2n) is 10.00. The Kier molecular flexibility index (Phi) is 7.45. The monoisotopic (exact) mass is 525 g/mol. The highest BCUT2D eigenvalue weighted by molar-refractivity contribution is 6.36. The van der Waals surface area contributed by atoms with Gasteiger partial charge in [-0.05, 0) is 57.5 Å². The van der Waals surface area contributed by atoms with Crippen LogP contribution in [0.5, 0.6) is 0 Å². The van der Waals surface area contributed by atoms with E-state index in [2.05, 4.69) is 15.2 Å². The SMILES string of the molecule is CCn1c(C(=O)Nc2ccc(N3CCN(C(=O)CC(C)(C)C(=O)O)CC3)nc2)cc2c(Cl)c(C)ccc21. The molecule has 0 saturated carbocycles. The fourth-order valence-electron chi connectivity index (χ4n) is 4.53. The van der Waals surface area contributed by atoms with E-state index in [0.717, 1.165) is 22.3 Å². The third-order valence-corrected chi connectivity index (χ3v) is 7.40. The van der Waals surface area contributed by atoms with Crippen LogP contribution in [0.2, 0.25) is 5.02 Å². The second-order valence-corrected chi connectivity index (χ2v) is 10.4. The van der Waals surface area contributed by atoms with E-state index >= 15 is 0 Å². The zero-order valence-electron chi connectivity index (χ0n) is 21.5. The first-order valence-corrected chi connectivity index (χ1v) is 12.7. The number of amides is 2. The highest BCUT2D eigenvalue weighted by atomic mass is 35.5. The number of carbonyl (C=O) groups is 3. The molecule has 37 heavy (non-hydrogen) atoms. The van der Waals surface area contributed by atoms with Gasteiger partial charge in [-0.3, -0.25) is 14.4 Å². The summed E-state index contributed by atoms with van der Waals surface area (Å²) in [6, 6.07) is 9.41. The molecule has 196 valence electrons. The molecular formula is C27H32ClN5O4. The van der Waals surface area contributed by atoms with Gasteiger partial charge in [-0.15, -0.1) is 0 Å². The molecular weight excluding hydrogens is 494 g/mol. The van der Waals surface area contributed by atoms with Crippen LogP contribution in [-0.2, 0) is 16.1 Å². The number of hydrogen-bond acceptors (Lipinski definition) is 5. The zero-order chi connectivity index (χ0) is 26.9. The van der Waals surface area contributed by atoms with Crippen molar-refractivity contribution < 1.29 is 19.5 Å². The summed E-state index contributed by atoms with van der Waals surface area (Å²) in [6.07, 6.45) is 1.59. The molecule has 1 aliphatic heterocycles. The Morgan fingerprint density at radius 3 is 2.41 bits per heavy atom. The van der Waals surface area contributed by atoms with Crippen LogP contribution < -0.4 is 10.2 Å². The topological polar surface area (TPSA) is 108 Å². The molecule has 2 N–H and O–H groups in total. The van der Waals surface area contributed by atoms with Gasteiger partial charge in [0.05, 0.1) is 27.8 Å². The smallest absolute Gasteiger partial charge is 0.309 e. The molecule has 1 fully saturated rings. The summed E-state index contributed by atoms with van der Waals surface area (Å²) in [4.78, 5) is 45.3. The van der Waals surface area contributed by atoms with Gasteiger partial charge in [-0.1, -0.05) is 17.7 Å². The van der Waals surface area contributed by atoms with E-state index in [0.29, 0.717) is 49.1 Å². The molecule has 1 saturated heterocycles. The molecule has 4 rings (SSSR count). The van der Waals surface area contributed by atoms with E-state index in [1.807, 2.05) is 48.7 Å². The van der Waals surface area contributed by atoms with Gasteiger partial charge < -0.3 is 24.8 Å². The predicted molar refractivity (Wildman–Crippen MR) is 144 cm³/mol. The number of halogens is 1. The Morgan fingerprint density at radius 2 is 1.81 bits per heavy atom. The molecule has 0 bridgehead atoms. The van der Waals surface area contributed by atoms with E-state index in [4.69, 9.17) is 11.6 Å². The Balaban J connectivity index is 1.39. The van der Waals surface area contributed by atoms with Crippen LogP contribution in [0.25, 0.3) is 10.9 Å². The largest absolute Gasteiger partial charge is 0.481 e. The normalized spacial score (nSPS) is 14.2. The van der Waals surface area contributed by atoms with Gasteiger partial charge in [0.2, 0.25) is 5.91 Å². The molecule has 9 nitrogen and oxygen atoms in total. The van der Waals surface area contributed by atoms with Crippen LogP contribution in [0, 0.1) is 12.3 Å². The molecule has 2 amide bonds. The van der Waals surface area contributed by atoms with Crippen LogP contribution in [0.3, 0.4) is 0 Å². The summed E-state index contributed by atoms with van der Waals surface area (Å²) in [6.45, 7) is 9.86. The van der Waals surface area contributed by atoms with Gasteiger partial charge in [-0.25, -0.2) is 4.98 Å². The number of carboxylic acid groups (broad SMARTS) is 1. The number of pyridine rings is 1. The van der Waals surface area contributed by atoms with Crippen molar-refractivity contribution >= 4 is 51.8 Å². The summed E-state index contributed by atoms with van der Waals surface area (Å²) in [5, 5.41) is 13.7. The Labute approximate surface area is 221 Å². The number of nitrogens with one attached hydrogen (secondary N) is 1. The van der Waals surface area contributed by atoms with Crippen molar-refractivity contribution in [2.24, 2.45) is 5.41 Å². The lowest BCUT2D eigenvalue weighted by Crippen LogP contribution is -2.50. The summed E-state index contributed by atoms with van der Waals surface area (Å²) >= 11 is 6.49. The van der Waals surface area contributed by atoms with Crippen LogP contribution >= 0.6 is 11.6 Å². The fourth-order valence-corrected chi connectivity index (χ4v) is 4.74. The van der Waals surface area contributed by atoms with E-state index in [1.165, 1.54) is 0 Å². The molecule has 3 heterocycles. The van der Waals surface area contributed by atoms with Crippen molar-refractivity contribution in [1.82, 2.24) is 14.5 Å². The first-order chi connectivity index (χ1) is 17.5. The third-order valence-electron chi connectivity index (χ3n) is 6.90. The van der Waals surface area contributed by atoms with Crippen molar-refractivity contribution in [2.45, 2.75) is 40.7 Å². The number of anilines is 2. The third kappa shape index (κ3) is 5.41. The van der Waals surface area contributed by atoms with Gasteiger partial charge in [0.25, 0.3) is 5.91 Å². The van der Waals surface area contributed by atoms with E-state index < -0.39 is 11.4 Å². The molecule has 0 unspecified atom stereocenters. The Morgan fingerprint density at radius 1 is 1.11 bits per heavy atom. The molecule has 10 heteroatoms. The zero-order valence-corrected chi connectivity index (χ0v) is 22.3. The Bertz CT molecular complexity index is 1340. The summed E-state index contributed by atoms with van der Waals surface area (Å²) in [5.41, 5.74) is 1.89. The predicted octanol–water partition coefficient (Wildman–Crippen LogP) is 4.42. The molecule has 0 spiro atoms. The van der Waals surface area contributed by atoms with Crippen LogP contribution in [-0.4, -0.2) is 63.5 Å². The number of fused-ring (bicyclic) bond motifs is 1. The number of aromatic nitrogens is 2. The maximum absolute atomic E-state index is 13.1. The van der Waals surface area contributed by atoms with Crippen LogP contribution in [0.15, 0.2) is 36.5 Å². The average Bonchev–Trinajstić information content (AvgIpc) is 3.26. The lowest BCUT2D eigenvalue weighted by atomic mass is 9.89. The molecule has 0 radical (unpaired) electrons. The second kappa shape index (κ2) is 10.4. The molecule has 0 aliphatic carbocycles. The average molecular weight is 526 g/mol. The molecule has 1 aromatic carbocycles. The first kappa shape index (κ1) is 26.5. The van der Waals surface area contributed by atoms with Gasteiger partial charge in [-0.2, -0.15) is 0 Å². The number of piperazine rings is 1. The van der Waals surface area contributed by atoms with Crippen LogP contribution in [0.1, 0.15) is 43.2 Å². The number of carboxylic acids is 1. The number of nitrogens with zero attached hydrogens (tertiary/aromatic N) is 4. The number of carbonyl (C=O) groups excluding carboxylic acids is 2. The molecule has 3 aromatic rings. The maximum Gasteiger partial charge on any atom is 0.309 e. The van der Waals surface area contributed by atoms with Gasteiger partial charge >= 0.3 is 5.97 Å². The van der Waals surface area contributed by atoms with Crippen molar-refractivity contribution in [2.75, 3.05) is 36.4 Å². The van der Waals surface area contributed by atoms with Gasteiger partial charge in [0, 0.05) is 44.5 Å². The number of rotatable bonds is 7. The maximum atomic E-state index is 13.1. The number of aryl methyl sites for hydroxylation is 2. The lowest BCUT2D eigenvalue weighted by molar-refractivity contribution is -0.151. The highest BCUT2D eigenvalue weighted by Crippen LogP contribution is 2.30. The van der Waals surface area contributed by atoms with E-state index in [-0.39, 0.29) is 18.2 Å². The lowest BCUT2D eigenvalue weighted by Gasteiger charge is -2.36. The minimum Gasteiger partial charge on any atom is -0.481 e. The summed E-state index contributed by atoms with van der Waals surface area (Å²) in [7, 11) is 0. The van der Waals surface area contributed by atoms with Crippen molar-refractivity contribution in [1.29, 1.82) is 0 Å². The minimum atomic E-state index is -1.09. The first-order valence-electron chi connectivity index (χ1n) is 12.3. The fraction of sp³-hybridized carbons (Fsp3) is 0.407. The van der Waals surface area contributed by atoms with E-state index in [1.54, 1.807) is 24.9 Å². The summed E-state index contributed by atoms with van der Waals surface area (Å²) < 4.78 is 1.94. The molecule has 2 aromatic heterocycles. The number of benzene rings is 1. The molecule has 0 atom stereocenters. The molecule has 1 aliphatic rings. The van der Waals surface area contributed by atoms with Gasteiger partial charge in [0.15, 0.2) is 0 Å². The van der Waals surface area contributed by atoms with Crippen molar-refractivity contribution in [3.05, 3.63) is 52.8 Å². The minimum absolute atomic E-state index is 0.0300. The van der Waals surface area contributed by atoms with Crippen molar-refractivity contribution in [3.63, 3.8) is 0 Å². The van der Waals surface area contributed by atoms with E-state index in [9.17, 15) is 19.5 Å². The Hall–Kier alpha value is -3.59. The summed E-state index contributed by atoms with van der Waals surface area (Å²) in [5.74, 6) is -0.622. The number of hydrogen-bond donors (Lipinski definition) is 2. The standard InChI is InChI=1S/C27H32ClN5O4/c1-5-33-20-8-6-17(2)24(28)19(20)14-21(33)25(35)30-18-7-9-22(29-16-18)31-10-12-32(13-11-31)23(34)15-27(3,4)26(36)37/h6-9,14,16H,5,10-13,15H2,1-4H3,(H,30,35)(H,36,37). The highest BCUT2D eigenvalue weighted by Gasteiger charge is 2.33. The van der Waals surface area contributed by atoms with Crippen LogP contribution in [0.4, 0.5) is 11.5 Å². The van der Waals surface area contributed by atoms with Crippen molar-refractivity contribution in [3.8, 4) is 0 Å². The van der Waals surface area contributed by atoms with Gasteiger partial charge in [0.1, 0.15) is 11.5 Å².